The molecule has 0 bridgehead atoms. The number of rotatable bonds is 5. The summed E-state index contributed by atoms with van der Waals surface area (Å²) < 4.78 is 28.6. The van der Waals surface area contributed by atoms with Crippen LogP contribution in [0.2, 0.25) is 0 Å². The Morgan fingerprint density at radius 2 is 1.58 bits per heavy atom. The van der Waals surface area contributed by atoms with Gasteiger partial charge in [0.05, 0.1) is 5.75 Å². The van der Waals surface area contributed by atoms with Gasteiger partial charge in [0.2, 0.25) is 0 Å². The molecule has 0 aromatic heterocycles. The van der Waals surface area contributed by atoms with Gasteiger partial charge in [-0.05, 0) is 6.42 Å². The summed E-state index contributed by atoms with van der Waals surface area (Å²) in [6, 6.07) is 0. The topological polar surface area (TPSA) is 54.4 Å². The number of hydrogen-bond donors (Lipinski definition) is 1. The third-order valence-electron chi connectivity index (χ3n) is 1.26. The zero-order valence-corrected chi connectivity index (χ0v) is 7.02. The molecule has 0 unspecified atom stereocenters. The van der Waals surface area contributed by atoms with Crippen molar-refractivity contribution >= 4 is 69.2 Å². The molecule has 0 aromatic rings. The van der Waals surface area contributed by atoms with Gasteiger partial charge in [-0.25, -0.2) is 0 Å². The standard InChI is InChI=1S/C6H14O3S.2Na.2H/c1-2-3-4-5-6-10(7,8)9;;;;/h2-6H2,1H3,(H,7,8,9);;;;. The van der Waals surface area contributed by atoms with Crippen LogP contribution in [0.1, 0.15) is 32.6 Å². The molecule has 66 valence electrons. The Balaban J connectivity index is -0.000000405. The van der Waals surface area contributed by atoms with Crippen LogP contribution in [0.5, 0.6) is 0 Å². The Kier molecular flexibility index (Phi) is 17.8. The fourth-order valence-electron chi connectivity index (χ4n) is 0.711. The normalized spacial score (nSPS) is 9.83. The Hall–Kier alpha value is 1.91. The molecular formula is C6H16Na2O3S. The molecule has 0 saturated heterocycles. The van der Waals surface area contributed by atoms with E-state index in [1.165, 1.54) is 0 Å². The van der Waals surface area contributed by atoms with Crippen LogP contribution < -0.4 is 0 Å². The molecule has 3 nitrogen and oxygen atoms in total. The SMILES string of the molecule is CCCCCCS(=O)(=O)O.[NaH].[NaH]. The second kappa shape index (κ2) is 11.0. The third kappa shape index (κ3) is 17.9. The van der Waals surface area contributed by atoms with Gasteiger partial charge in [-0.3, -0.25) is 4.55 Å². The van der Waals surface area contributed by atoms with Crippen LogP contribution in [-0.4, -0.2) is 77.8 Å². The summed E-state index contributed by atoms with van der Waals surface area (Å²) in [6.45, 7) is 2.05. The van der Waals surface area contributed by atoms with E-state index in [0.29, 0.717) is 6.42 Å². The minimum absolute atomic E-state index is 0. The first-order valence-electron chi connectivity index (χ1n) is 3.51. The molecule has 0 spiro atoms. The second-order valence-electron chi connectivity index (χ2n) is 2.35. The molecule has 6 heteroatoms. The van der Waals surface area contributed by atoms with Gasteiger partial charge in [-0.1, -0.05) is 26.2 Å². The molecule has 0 aliphatic heterocycles. The first-order chi connectivity index (χ1) is 4.56. The molecular weight excluding hydrogens is 198 g/mol. The van der Waals surface area contributed by atoms with Crippen LogP contribution >= 0.6 is 0 Å². The molecule has 0 atom stereocenters. The predicted molar refractivity (Wildman–Crippen MR) is 54.9 cm³/mol. The maximum absolute atomic E-state index is 10.1. The van der Waals surface area contributed by atoms with Gasteiger partial charge in [0.25, 0.3) is 10.1 Å². The van der Waals surface area contributed by atoms with Crippen LogP contribution in [0.15, 0.2) is 0 Å². The van der Waals surface area contributed by atoms with Gasteiger partial charge in [0, 0.05) is 0 Å². The first-order valence-corrected chi connectivity index (χ1v) is 5.12. The third-order valence-corrected chi connectivity index (χ3v) is 2.06. The van der Waals surface area contributed by atoms with E-state index in [0.717, 1.165) is 19.3 Å². The van der Waals surface area contributed by atoms with Crippen molar-refractivity contribution in [2.24, 2.45) is 0 Å². The molecule has 0 amide bonds. The molecule has 0 aliphatic carbocycles. The van der Waals surface area contributed by atoms with E-state index in [1.54, 1.807) is 0 Å². The molecule has 1 N–H and O–H groups in total. The van der Waals surface area contributed by atoms with E-state index in [2.05, 4.69) is 0 Å². The molecule has 0 fully saturated rings. The van der Waals surface area contributed by atoms with Crippen molar-refractivity contribution in [3.8, 4) is 0 Å². The van der Waals surface area contributed by atoms with Gasteiger partial charge in [-0.15, -0.1) is 0 Å². The molecule has 0 saturated carbocycles. The Morgan fingerprint density at radius 1 is 1.08 bits per heavy atom. The fourth-order valence-corrected chi connectivity index (χ4v) is 1.28. The van der Waals surface area contributed by atoms with Crippen molar-refractivity contribution in [3.63, 3.8) is 0 Å². The quantitative estimate of drug-likeness (QED) is 0.403. The van der Waals surface area contributed by atoms with Crippen LogP contribution in [0.4, 0.5) is 0 Å². The summed E-state index contributed by atoms with van der Waals surface area (Å²) in [5.74, 6) is -0.0903. The minimum atomic E-state index is -3.70. The Bertz CT molecular complexity index is 168. The van der Waals surface area contributed by atoms with Gasteiger partial charge in [-0.2, -0.15) is 8.42 Å². The summed E-state index contributed by atoms with van der Waals surface area (Å²) in [4.78, 5) is 0. The van der Waals surface area contributed by atoms with E-state index in [9.17, 15) is 8.42 Å². The van der Waals surface area contributed by atoms with Crippen LogP contribution in [0.3, 0.4) is 0 Å². The van der Waals surface area contributed by atoms with Gasteiger partial charge >= 0.3 is 59.1 Å². The van der Waals surface area contributed by atoms with Gasteiger partial charge in [0.15, 0.2) is 0 Å². The van der Waals surface area contributed by atoms with Crippen molar-refractivity contribution < 1.29 is 13.0 Å². The summed E-state index contributed by atoms with van der Waals surface area (Å²) in [6.07, 6.45) is 3.57. The van der Waals surface area contributed by atoms with E-state index in [-0.39, 0.29) is 64.9 Å². The number of hydrogen-bond acceptors (Lipinski definition) is 2. The molecule has 12 heavy (non-hydrogen) atoms. The van der Waals surface area contributed by atoms with Crippen molar-refractivity contribution in [3.05, 3.63) is 0 Å². The zero-order chi connectivity index (χ0) is 8.04. The van der Waals surface area contributed by atoms with Gasteiger partial charge < -0.3 is 0 Å². The van der Waals surface area contributed by atoms with E-state index < -0.39 is 10.1 Å². The number of unbranched alkanes of at least 4 members (excludes halogenated alkanes) is 3. The van der Waals surface area contributed by atoms with Crippen molar-refractivity contribution in [2.75, 3.05) is 5.75 Å². The summed E-state index contributed by atoms with van der Waals surface area (Å²) in [7, 11) is -3.70. The summed E-state index contributed by atoms with van der Waals surface area (Å²) in [5.41, 5.74) is 0. The van der Waals surface area contributed by atoms with Crippen molar-refractivity contribution in [1.82, 2.24) is 0 Å². The van der Waals surface area contributed by atoms with Crippen LogP contribution in [0, 0.1) is 0 Å². The Morgan fingerprint density at radius 3 is 1.92 bits per heavy atom. The molecule has 0 aromatic carbocycles. The van der Waals surface area contributed by atoms with E-state index >= 15 is 0 Å². The summed E-state index contributed by atoms with van der Waals surface area (Å²) in [5, 5.41) is 0. The average Bonchev–Trinajstić information content (AvgIpc) is 1.78. The van der Waals surface area contributed by atoms with Gasteiger partial charge in [0.1, 0.15) is 0 Å². The van der Waals surface area contributed by atoms with Crippen LogP contribution in [-0.2, 0) is 10.1 Å². The predicted octanol–water partition coefficient (Wildman–Crippen LogP) is 0.158. The van der Waals surface area contributed by atoms with Crippen molar-refractivity contribution in [1.29, 1.82) is 0 Å². The Labute approximate surface area is 119 Å². The summed E-state index contributed by atoms with van der Waals surface area (Å²) >= 11 is 0. The molecule has 0 rings (SSSR count). The van der Waals surface area contributed by atoms with E-state index in [4.69, 9.17) is 4.55 Å². The molecule has 0 radical (unpaired) electrons. The first kappa shape index (κ1) is 19.5. The average molecular weight is 214 g/mol. The van der Waals surface area contributed by atoms with Crippen LogP contribution in [0.25, 0.3) is 0 Å². The zero-order valence-electron chi connectivity index (χ0n) is 6.21. The second-order valence-corrected chi connectivity index (χ2v) is 3.92. The molecule has 0 aliphatic rings. The monoisotopic (exact) mass is 214 g/mol. The van der Waals surface area contributed by atoms with E-state index in [1.807, 2.05) is 6.92 Å². The fraction of sp³-hybridized carbons (Fsp3) is 1.00. The molecule has 0 heterocycles. The maximum atomic E-state index is 10.1. The van der Waals surface area contributed by atoms with Crippen molar-refractivity contribution in [2.45, 2.75) is 32.6 Å².